The number of rotatable bonds is 3. The number of benzene rings is 1. The monoisotopic (exact) mass is 324 g/mol. The van der Waals surface area contributed by atoms with Crippen molar-refractivity contribution in [2.75, 3.05) is 13.1 Å². The summed E-state index contributed by atoms with van der Waals surface area (Å²) in [4.78, 5) is 0.0462. The maximum absolute atomic E-state index is 13.7. The zero-order valence-electron chi connectivity index (χ0n) is 11.9. The Kier molecular flexibility index (Phi) is 3.98. The summed E-state index contributed by atoms with van der Waals surface area (Å²) in [6, 6.07) is 5.92. The van der Waals surface area contributed by atoms with E-state index in [2.05, 4.69) is 5.10 Å². The summed E-state index contributed by atoms with van der Waals surface area (Å²) in [7, 11) is -3.65. The largest absolute Gasteiger partial charge is 0.327 e. The number of piperidine rings is 1. The van der Waals surface area contributed by atoms with Crippen molar-refractivity contribution in [3.63, 3.8) is 0 Å². The SMILES string of the molecule is NC1CCCN(S(=O)(=O)c2cnn(-c3ccccc3F)c2)C1. The fourth-order valence-electron chi connectivity index (χ4n) is 2.55. The van der Waals surface area contributed by atoms with Crippen LogP contribution in [0.15, 0.2) is 41.6 Å². The van der Waals surface area contributed by atoms with E-state index in [9.17, 15) is 12.8 Å². The van der Waals surface area contributed by atoms with E-state index in [-0.39, 0.29) is 16.6 Å². The molecule has 0 bridgehead atoms. The second-order valence-electron chi connectivity index (χ2n) is 5.34. The summed E-state index contributed by atoms with van der Waals surface area (Å²) in [6.07, 6.45) is 4.12. The Morgan fingerprint density at radius 3 is 2.82 bits per heavy atom. The fraction of sp³-hybridized carbons (Fsp3) is 0.357. The molecule has 1 aromatic heterocycles. The Labute approximate surface area is 128 Å². The van der Waals surface area contributed by atoms with Crippen LogP contribution < -0.4 is 5.73 Å². The number of para-hydroxylation sites is 1. The number of aromatic nitrogens is 2. The average Bonchev–Trinajstić information content (AvgIpc) is 2.98. The summed E-state index contributed by atoms with van der Waals surface area (Å²) in [6.45, 7) is 0.744. The van der Waals surface area contributed by atoms with Gasteiger partial charge in [-0.1, -0.05) is 12.1 Å². The summed E-state index contributed by atoms with van der Waals surface area (Å²) in [5.41, 5.74) is 6.05. The molecule has 1 aliphatic rings. The zero-order chi connectivity index (χ0) is 15.7. The van der Waals surface area contributed by atoms with Crippen LogP contribution in [0.1, 0.15) is 12.8 Å². The molecular weight excluding hydrogens is 307 g/mol. The van der Waals surface area contributed by atoms with E-state index in [1.807, 2.05) is 0 Å². The molecule has 22 heavy (non-hydrogen) atoms. The number of hydrogen-bond donors (Lipinski definition) is 1. The van der Waals surface area contributed by atoms with Crippen LogP contribution in [0.25, 0.3) is 5.69 Å². The van der Waals surface area contributed by atoms with Crippen LogP contribution in [0.2, 0.25) is 0 Å². The predicted octanol–water partition coefficient (Wildman–Crippen LogP) is 1.12. The molecule has 0 spiro atoms. The molecule has 1 unspecified atom stereocenters. The van der Waals surface area contributed by atoms with Gasteiger partial charge in [0.15, 0.2) is 0 Å². The number of hydrogen-bond acceptors (Lipinski definition) is 4. The third-order valence-corrected chi connectivity index (χ3v) is 5.53. The second kappa shape index (κ2) is 5.79. The van der Waals surface area contributed by atoms with Gasteiger partial charge in [-0.2, -0.15) is 9.40 Å². The Bertz CT molecular complexity index is 775. The van der Waals surface area contributed by atoms with Crippen LogP contribution in [0.3, 0.4) is 0 Å². The molecule has 1 aromatic carbocycles. The first-order valence-corrected chi connectivity index (χ1v) is 8.48. The van der Waals surface area contributed by atoms with E-state index in [0.29, 0.717) is 13.1 Å². The molecular formula is C14H17FN4O2S. The smallest absolute Gasteiger partial charge is 0.246 e. The third-order valence-electron chi connectivity index (χ3n) is 3.72. The van der Waals surface area contributed by atoms with Gasteiger partial charge in [0.1, 0.15) is 16.4 Å². The van der Waals surface area contributed by atoms with E-state index < -0.39 is 15.8 Å². The molecule has 2 heterocycles. The van der Waals surface area contributed by atoms with Crippen molar-refractivity contribution in [1.82, 2.24) is 14.1 Å². The lowest BCUT2D eigenvalue weighted by molar-refractivity contribution is 0.316. The van der Waals surface area contributed by atoms with Gasteiger partial charge in [0.25, 0.3) is 0 Å². The van der Waals surface area contributed by atoms with Gasteiger partial charge in [-0.15, -0.1) is 0 Å². The maximum atomic E-state index is 13.7. The van der Waals surface area contributed by atoms with Crippen molar-refractivity contribution in [2.45, 2.75) is 23.8 Å². The van der Waals surface area contributed by atoms with Crippen molar-refractivity contribution in [3.8, 4) is 5.69 Å². The standard InChI is InChI=1S/C14H17FN4O2S/c15-13-5-1-2-6-14(13)19-10-12(8-17-19)22(20,21)18-7-3-4-11(16)9-18/h1-2,5-6,8,10-11H,3-4,7,9,16H2. The molecule has 1 aliphatic heterocycles. The first-order chi connectivity index (χ1) is 10.5. The van der Waals surface area contributed by atoms with Gasteiger partial charge >= 0.3 is 0 Å². The second-order valence-corrected chi connectivity index (χ2v) is 7.28. The number of nitrogens with zero attached hydrogens (tertiary/aromatic N) is 3. The normalized spacial score (nSPS) is 20.2. The molecule has 2 aromatic rings. The van der Waals surface area contributed by atoms with Crippen molar-refractivity contribution in [3.05, 3.63) is 42.5 Å². The predicted molar refractivity (Wildman–Crippen MR) is 79.5 cm³/mol. The summed E-state index contributed by atoms with van der Waals surface area (Å²) >= 11 is 0. The minimum absolute atomic E-state index is 0.0462. The molecule has 0 radical (unpaired) electrons. The highest BCUT2D eigenvalue weighted by atomic mass is 32.2. The van der Waals surface area contributed by atoms with Crippen LogP contribution in [-0.4, -0.2) is 41.6 Å². The number of sulfonamides is 1. The van der Waals surface area contributed by atoms with E-state index in [4.69, 9.17) is 5.73 Å². The van der Waals surface area contributed by atoms with Crippen molar-refractivity contribution in [2.24, 2.45) is 5.73 Å². The summed E-state index contributed by atoms with van der Waals surface area (Å²) in [5, 5.41) is 3.97. The average molecular weight is 324 g/mol. The molecule has 0 amide bonds. The highest BCUT2D eigenvalue weighted by molar-refractivity contribution is 7.89. The molecule has 3 rings (SSSR count). The highest BCUT2D eigenvalue weighted by Gasteiger charge is 2.30. The first-order valence-electron chi connectivity index (χ1n) is 7.04. The van der Waals surface area contributed by atoms with Gasteiger partial charge in [-0.25, -0.2) is 17.5 Å². The van der Waals surface area contributed by atoms with Crippen molar-refractivity contribution < 1.29 is 12.8 Å². The van der Waals surface area contributed by atoms with Crippen molar-refractivity contribution in [1.29, 1.82) is 0 Å². The van der Waals surface area contributed by atoms with Crippen LogP contribution in [0.5, 0.6) is 0 Å². The summed E-state index contributed by atoms with van der Waals surface area (Å²) < 4.78 is 41.5. The lowest BCUT2D eigenvalue weighted by Crippen LogP contribution is -2.45. The molecule has 0 saturated carbocycles. The number of halogens is 1. The van der Waals surface area contributed by atoms with Crippen LogP contribution in [0, 0.1) is 5.82 Å². The lowest BCUT2D eigenvalue weighted by Gasteiger charge is -2.29. The minimum atomic E-state index is -3.65. The maximum Gasteiger partial charge on any atom is 0.246 e. The topological polar surface area (TPSA) is 81.2 Å². The molecule has 2 N–H and O–H groups in total. The van der Waals surface area contributed by atoms with Gasteiger partial charge in [0.2, 0.25) is 10.0 Å². The molecule has 8 heteroatoms. The molecule has 118 valence electrons. The summed E-state index contributed by atoms with van der Waals surface area (Å²) in [5.74, 6) is -0.463. The van der Waals surface area contributed by atoms with Gasteiger partial charge < -0.3 is 5.73 Å². The minimum Gasteiger partial charge on any atom is -0.327 e. The Balaban J connectivity index is 1.91. The van der Waals surface area contributed by atoms with Crippen LogP contribution >= 0.6 is 0 Å². The Morgan fingerprint density at radius 1 is 1.32 bits per heavy atom. The van der Waals surface area contributed by atoms with Gasteiger partial charge in [0.05, 0.1) is 12.4 Å². The third kappa shape index (κ3) is 2.77. The molecule has 6 nitrogen and oxygen atoms in total. The van der Waals surface area contributed by atoms with E-state index in [0.717, 1.165) is 12.8 Å². The van der Waals surface area contributed by atoms with E-state index in [1.165, 1.54) is 33.5 Å². The first kappa shape index (κ1) is 15.1. The van der Waals surface area contributed by atoms with Gasteiger partial charge in [-0.3, -0.25) is 0 Å². The molecule has 0 aliphatic carbocycles. The highest BCUT2D eigenvalue weighted by Crippen LogP contribution is 2.21. The fourth-order valence-corrected chi connectivity index (χ4v) is 4.02. The lowest BCUT2D eigenvalue weighted by atomic mass is 10.1. The molecule has 1 saturated heterocycles. The van der Waals surface area contributed by atoms with Crippen LogP contribution in [0.4, 0.5) is 4.39 Å². The quantitative estimate of drug-likeness (QED) is 0.917. The Hall–Kier alpha value is -1.77. The zero-order valence-corrected chi connectivity index (χ0v) is 12.7. The molecule has 1 fully saturated rings. The Morgan fingerprint density at radius 2 is 2.09 bits per heavy atom. The van der Waals surface area contributed by atoms with Gasteiger partial charge in [0, 0.05) is 19.1 Å². The van der Waals surface area contributed by atoms with Crippen molar-refractivity contribution >= 4 is 10.0 Å². The van der Waals surface area contributed by atoms with Gasteiger partial charge in [-0.05, 0) is 25.0 Å². The van der Waals surface area contributed by atoms with E-state index >= 15 is 0 Å². The van der Waals surface area contributed by atoms with Crippen LogP contribution in [-0.2, 0) is 10.0 Å². The number of nitrogens with two attached hydrogens (primary N) is 1. The molecule has 1 atom stereocenters. The van der Waals surface area contributed by atoms with E-state index in [1.54, 1.807) is 12.1 Å².